The van der Waals surface area contributed by atoms with Crippen LogP contribution in [0.1, 0.15) is 25.6 Å². The summed E-state index contributed by atoms with van der Waals surface area (Å²) in [6, 6.07) is -0.121. The van der Waals surface area contributed by atoms with Crippen LogP contribution in [0.15, 0.2) is 12.4 Å². The van der Waals surface area contributed by atoms with Gasteiger partial charge in [0.1, 0.15) is 5.82 Å². The maximum Gasteiger partial charge on any atom is 0.223 e. The van der Waals surface area contributed by atoms with Crippen LogP contribution in [0.25, 0.3) is 0 Å². The van der Waals surface area contributed by atoms with Crippen molar-refractivity contribution in [3.63, 3.8) is 0 Å². The van der Waals surface area contributed by atoms with E-state index in [4.69, 9.17) is 5.11 Å². The molecule has 94 valence electrons. The summed E-state index contributed by atoms with van der Waals surface area (Å²) in [6.07, 6.45) is 6.02. The number of amides is 1. The third kappa shape index (κ3) is 2.66. The number of aromatic nitrogens is 2. The van der Waals surface area contributed by atoms with Crippen LogP contribution in [0.5, 0.6) is 0 Å². The molecular weight excluding hydrogens is 218 g/mol. The van der Waals surface area contributed by atoms with Crippen LogP contribution >= 0.6 is 0 Å². The van der Waals surface area contributed by atoms with E-state index >= 15 is 0 Å². The van der Waals surface area contributed by atoms with Crippen molar-refractivity contribution < 1.29 is 9.90 Å². The number of imidazole rings is 1. The van der Waals surface area contributed by atoms with Gasteiger partial charge in [-0.1, -0.05) is 6.92 Å². The molecule has 1 aliphatic heterocycles. The van der Waals surface area contributed by atoms with E-state index in [1.807, 2.05) is 13.1 Å². The second-order valence-corrected chi connectivity index (χ2v) is 4.52. The fourth-order valence-electron chi connectivity index (χ4n) is 2.17. The quantitative estimate of drug-likeness (QED) is 0.793. The van der Waals surface area contributed by atoms with Crippen molar-refractivity contribution in [2.24, 2.45) is 5.92 Å². The lowest BCUT2D eigenvalue weighted by molar-refractivity contribution is -0.126. The molecular formula is C12H19N3O2. The minimum atomic E-state index is -0.121. The Hall–Kier alpha value is -1.36. The molecule has 17 heavy (non-hydrogen) atoms. The van der Waals surface area contributed by atoms with Gasteiger partial charge in [-0.05, 0) is 12.8 Å². The molecule has 1 amide bonds. The summed E-state index contributed by atoms with van der Waals surface area (Å²) in [5.41, 5.74) is 0. The van der Waals surface area contributed by atoms with E-state index in [0.29, 0.717) is 6.42 Å². The second-order valence-electron chi connectivity index (χ2n) is 4.52. The molecule has 0 saturated carbocycles. The summed E-state index contributed by atoms with van der Waals surface area (Å²) in [5.74, 6) is 1.01. The number of hydrogen-bond acceptors (Lipinski definition) is 3. The Morgan fingerprint density at radius 2 is 2.59 bits per heavy atom. The Morgan fingerprint density at radius 3 is 3.29 bits per heavy atom. The van der Waals surface area contributed by atoms with Crippen LogP contribution in [-0.4, -0.2) is 33.2 Å². The standard InChI is InChI=1S/C12H19N3O2/c1-2-10(8-16)14-12(17)9-3-5-15-6-4-13-11(15)7-9/h4,6,9-10,16H,2-3,5,7-8H2,1H3,(H,14,17). The van der Waals surface area contributed by atoms with E-state index in [1.165, 1.54) is 0 Å². The van der Waals surface area contributed by atoms with Gasteiger partial charge in [0, 0.05) is 31.3 Å². The lowest BCUT2D eigenvalue weighted by Crippen LogP contribution is -2.42. The number of aliphatic hydroxyl groups excluding tert-OH is 1. The average Bonchev–Trinajstić information content (AvgIpc) is 2.82. The fourth-order valence-corrected chi connectivity index (χ4v) is 2.17. The monoisotopic (exact) mass is 237 g/mol. The molecule has 1 aromatic heterocycles. The molecule has 0 radical (unpaired) electrons. The first kappa shape index (κ1) is 12.1. The van der Waals surface area contributed by atoms with E-state index in [0.717, 1.165) is 25.2 Å². The zero-order chi connectivity index (χ0) is 12.3. The van der Waals surface area contributed by atoms with Gasteiger partial charge in [0.05, 0.1) is 12.6 Å². The summed E-state index contributed by atoms with van der Waals surface area (Å²) in [5, 5.41) is 11.9. The highest BCUT2D eigenvalue weighted by molar-refractivity contribution is 5.79. The van der Waals surface area contributed by atoms with Gasteiger partial charge in [-0.15, -0.1) is 0 Å². The molecule has 2 atom stereocenters. The van der Waals surface area contributed by atoms with E-state index in [2.05, 4.69) is 14.9 Å². The molecule has 0 aromatic carbocycles. The molecule has 5 heteroatoms. The first-order valence-electron chi connectivity index (χ1n) is 6.15. The summed E-state index contributed by atoms with van der Waals surface area (Å²) >= 11 is 0. The molecule has 2 N–H and O–H groups in total. The highest BCUT2D eigenvalue weighted by Crippen LogP contribution is 2.19. The van der Waals surface area contributed by atoms with Crippen LogP contribution in [0.4, 0.5) is 0 Å². The Morgan fingerprint density at radius 1 is 1.76 bits per heavy atom. The lowest BCUT2D eigenvalue weighted by Gasteiger charge is -2.24. The first-order valence-corrected chi connectivity index (χ1v) is 6.15. The van der Waals surface area contributed by atoms with Gasteiger partial charge in [-0.3, -0.25) is 4.79 Å². The predicted molar refractivity (Wildman–Crippen MR) is 63.3 cm³/mol. The molecule has 0 saturated heterocycles. The fraction of sp³-hybridized carbons (Fsp3) is 0.667. The maximum atomic E-state index is 12.0. The smallest absolute Gasteiger partial charge is 0.223 e. The Balaban J connectivity index is 1.94. The molecule has 2 rings (SSSR count). The minimum absolute atomic E-state index is 0.00356. The van der Waals surface area contributed by atoms with E-state index in [1.54, 1.807) is 6.20 Å². The molecule has 0 bridgehead atoms. The number of carbonyl (C=O) groups excluding carboxylic acids is 1. The number of rotatable bonds is 4. The zero-order valence-corrected chi connectivity index (χ0v) is 10.1. The summed E-state index contributed by atoms with van der Waals surface area (Å²) in [7, 11) is 0. The van der Waals surface area contributed by atoms with Crippen LogP contribution < -0.4 is 5.32 Å². The summed E-state index contributed by atoms with van der Waals surface area (Å²) < 4.78 is 2.09. The zero-order valence-electron chi connectivity index (χ0n) is 10.1. The molecule has 1 aromatic rings. The Labute approximate surface area is 101 Å². The molecule has 0 aliphatic carbocycles. The molecule has 2 heterocycles. The molecule has 1 aliphatic rings. The lowest BCUT2D eigenvalue weighted by atomic mass is 9.96. The number of carbonyl (C=O) groups is 1. The number of hydrogen-bond donors (Lipinski definition) is 2. The highest BCUT2D eigenvalue weighted by atomic mass is 16.3. The van der Waals surface area contributed by atoms with Crippen LogP contribution in [-0.2, 0) is 17.8 Å². The van der Waals surface area contributed by atoms with Gasteiger partial charge in [0.25, 0.3) is 0 Å². The number of nitrogens with zero attached hydrogens (tertiary/aromatic N) is 2. The van der Waals surface area contributed by atoms with E-state index in [-0.39, 0.29) is 24.5 Å². The van der Waals surface area contributed by atoms with Gasteiger partial charge in [0.15, 0.2) is 0 Å². The molecule has 2 unspecified atom stereocenters. The van der Waals surface area contributed by atoms with Crippen molar-refractivity contribution in [1.29, 1.82) is 0 Å². The van der Waals surface area contributed by atoms with Gasteiger partial charge in [-0.2, -0.15) is 0 Å². The minimum Gasteiger partial charge on any atom is -0.394 e. The van der Waals surface area contributed by atoms with Crippen LogP contribution in [0.2, 0.25) is 0 Å². The van der Waals surface area contributed by atoms with Crippen LogP contribution in [0.3, 0.4) is 0 Å². The van der Waals surface area contributed by atoms with Gasteiger partial charge < -0.3 is 15.0 Å². The number of nitrogens with one attached hydrogen (secondary N) is 1. The average molecular weight is 237 g/mol. The molecule has 0 fully saturated rings. The molecule has 0 spiro atoms. The van der Waals surface area contributed by atoms with Crippen molar-refractivity contribution in [2.75, 3.05) is 6.61 Å². The maximum absolute atomic E-state index is 12.0. The van der Waals surface area contributed by atoms with Gasteiger partial charge in [0.2, 0.25) is 5.91 Å². The van der Waals surface area contributed by atoms with Crippen molar-refractivity contribution in [3.05, 3.63) is 18.2 Å². The van der Waals surface area contributed by atoms with Gasteiger partial charge in [-0.25, -0.2) is 4.98 Å². The Kier molecular flexibility index (Phi) is 3.78. The van der Waals surface area contributed by atoms with Crippen molar-refractivity contribution in [1.82, 2.24) is 14.9 Å². The third-order valence-electron chi connectivity index (χ3n) is 3.38. The Bertz CT molecular complexity index is 385. The summed E-state index contributed by atoms with van der Waals surface area (Å²) in [4.78, 5) is 16.2. The predicted octanol–water partition coefficient (Wildman–Crippen LogP) is 0.333. The van der Waals surface area contributed by atoms with E-state index < -0.39 is 0 Å². The third-order valence-corrected chi connectivity index (χ3v) is 3.38. The van der Waals surface area contributed by atoms with Gasteiger partial charge >= 0.3 is 0 Å². The highest BCUT2D eigenvalue weighted by Gasteiger charge is 2.26. The van der Waals surface area contributed by atoms with E-state index in [9.17, 15) is 4.79 Å². The van der Waals surface area contributed by atoms with Crippen molar-refractivity contribution in [3.8, 4) is 0 Å². The second kappa shape index (κ2) is 5.31. The van der Waals surface area contributed by atoms with Crippen molar-refractivity contribution >= 4 is 5.91 Å². The summed E-state index contributed by atoms with van der Waals surface area (Å²) in [6.45, 7) is 2.81. The molecule has 5 nitrogen and oxygen atoms in total. The number of aryl methyl sites for hydroxylation is 1. The van der Waals surface area contributed by atoms with Crippen LogP contribution in [0, 0.1) is 5.92 Å². The largest absolute Gasteiger partial charge is 0.394 e. The number of aliphatic hydroxyl groups is 1. The van der Waals surface area contributed by atoms with Crippen molar-refractivity contribution in [2.45, 2.75) is 38.8 Å². The SMILES string of the molecule is CCC(CO)NC(=O)C1CCn2ccnc2C1. The normalized spacial score (nSPS) is 20.7. The number of fused-ring (bicyclic) bond motifs is 1. The topological polar surface area (TPSA) is 67.2 Å². The first-order chi connectivity index (χ1) is 8.24.